The molecule has 1 fully saturated rings. The zero-order chi connectivity index (χ0) is 17.4. The van der Waals surface area contributed by atoms with Crippen LogP contribution in [0.3, 0.4) is 0 Å². The van der Waals surface area contributed by atoms with E-state index in [1.807, 2.05) is 31.2 Å². The van der Waals surface area contributed by atoms with Gasteiger partial charge in [0.1, 0.15) is 0 Å². The van der Waals surface area contributed by atoms with Gasteiger partial charge in [-0.2, -0.15) is 0 Å². The number of fused-ring (bicyclic) bond motifs is 1. The van der Waals surface area contributed by atoms with E-state index in [1.165, 1.54) is 12.8 Å². The number of hydrogen-bond acceptors (Lipinski definition) is 3. The first-order valence-corrected chi connectivity index (χ1v) is 8.75. The Bertz CT molecular complexity index is 829. The molecule has 0 spiro atoms. The normalized spacial score (nSPS) is 19.0. The molecule has 1 aromatic carbocycles. The van der Waals surface area contributed by atoms with Gasteiger partial charge in [0, 0.05) is 18.4 Å². The molecular weight excluding hydrogens is 314 g/mol. The van der Waals surface area contributed by atoms with Crippen LogP contribution >= 0.6 is 0 Å². The Morgan fingerprint density at radius 3 is 2.88 bits per heavy atom. The number of anilines is 1. The lowest BCUT2D eigenvalue weighted by molar-refractivity contribution is -0.121. The van der Waals surface area contributed by atoms with Gasteiger partial charge in [-0.15, -0.1) is 0 Å². The molecule has 1 aliphatic carbocycles. The Hall–Kier alpha value is -2.69. The van der Waals surface area contributed by atoms with Gasteiger partial charge >= 0.3 is 0 Å². The number of carbonyl (C=O) groups is 2. The summed E-state index contributed by atoms with van der Waals surface area (Å²) in [7, 11) is 0. The lowest BCUT2D eigenvalue weighted by Crippen LogP contribution is -2.33. The highest BCUT2D eigenvalue weighted by Gasteiger charge is 2.40. The van der Waals surface area contributed by atoms with Crippen molar-refractivity contribution in [2.24, 2.45) is 5.92 Å². The summed E-state index contributed by atoms with van der Waals surface area (Å²) in [6.07, 6.45) is 4.31. The van der Waals surface area contributed by atoms with Crippen molar-refractivity contribution in [3.63, 3.8) is 0 Å². The van der Waals surface area contributed by atoms with Gasteiger partial charge in [0.15, 0.2) is 0 Å². The zero-order valence-corrected chi connectivity index (χ0v) is 14.2. The van der Waals surface area contributed by atoms with Gasteiger partial charge in [-0.25, -0.2) is 0 Å². The van der Waals surface area contributed by atoms with Crippen LogP contribution in [0.1, 0.15) is 46.9 Å². The molecule has 1 saturated carbocycles. The molecule has 1 N–H and O–H groups in total. The van der Waals surface area contributed by atoms with Crippen LogP contribution in [0.5, 0.6) is 0 Å². The predicted molar refractivity (Wildman–Crippen MR) is 95.3 cm³/mol. The summed E-state index contributed by atoms with van der Waals surface area (Å²) in [4.78, 5) is 31.5. The highest BCUT2D eigenvalue weighted by atomic mass is 16.2. The smallest absolute Gasteiger partial charge is 0.260 e. The molecule has 0 unspecified atom stereocenters. The van der Waals surface area contributed by atoms with Gasteiger partial charge in [-0.1, -0.05) is 12.1 Å². The molecule has 0 radical (unpaired) electrons. The third-order valence-corrected chi connectivity index (χ3v) is 4.86. The summed E-state index contributed by atoms with van der Waals surface area (Å²) in [6.45, 7) is 2.73. The minimum absolute atomic E-state index is 0.0270. The molecule has 5 heteroatoms. The molecule has 1 aromatic heterocycles. The van der Waals surface area contributed by atoms with Crippen molar-refractivity contribution in [1.82, 2.24) is 10.3 Å². The fourth-order valence-corrected chi connectivity index (χ4v) is 3.35. The topological polar surface area (TPSA) is 62.3 Å². The summed E-state index contributed by atoms with van der Waals surface area (Å²) >= 11 is 0. The number of hydrogen-bond donors (Lipinski definition) is 1. The lowest BCUT2D eigenvalue weighted by Gasteiger charge is -2.25. The van der Waals surface area contributed by atoms with E-state index in [0.29, 0.717) is 17.2 Å². The van der Waals surface area contributed by atoms with Crippen LogP contribution in [0.15, 0.2) is 42.6 Å². The van der Waals surface area contributed by atoms with E-state index in [-0.39, 0.29) is 24.3 Å². The Balaban J connectivity index is 1.63. The van der Waals surface area contributed by atoms with Crippen LogP contribution in [0.25, 0.3) is 0 Å². The molecule has 4 rings (SSSR count). The second-order valence-electron chi connectivity index (χ2n) is 6.92. The van der Waals surface area contributed by atoms with E-state index in [0.717, 1.165) is 17.8 Å². The Kier molecular flexibility index (Phi) is 3.99. The predicted octanol–water partition coefficient (Wildman–Crippen LogP) is 3.01. The van der Waals surface area contributed by atoms with Crippen LogP contribution in [0.2, 0.25) is 0 Å². The van der Waals surface area contributed by atoms with Crippen LogP contribution in [0, 0.1) is 12.8 Å². The van der Waals surface area contributed by atoms with Crippen molar-refractivity contribution < 1.29 is 9.59 Å². The summed E-state index contributed by atoms with van der Waals surface area (Å²) in [5.74, 6) is 0.516. The van der Waals surface area contributed by atoms with Gasteiger partial charge in [0.05, 0.1) is 23.7 Å². The number of nitrogens with zero attached hydrogens (tertiary/aromatic N) is 2. The third kappa shape index (κ3) is 3.14. The van der Waals surface area contributed by atoms with Crippen LogP contribution in [0.4, 0.5) is 5.69 Å². The van der Waals surface area contributed by atoms with Crippen molar-refractivity contribution >= 4 is 17.5 Å². The van der Waals surface area contributed by atoms with Crippen molar-refractivity contribution in [2.45, 2.75) is 32.2 Å². The van der Waals surface area contributed by atoms with Crippen LogP contribution in [-0.4, -0.2) is 23.3 Å². The maximum Gasteiger partial charge on any atom is 0.260 e. The van der Waals surface area contributed by atoms with E-state index < -0.39 is 0 Å². The maximum absolute atomic E-state index is 12.9. The third-order valence-electron chi connectivity index (χ3n) is 4.86. The monoisotopic (exact) mass is 335 g/mol. The van der Waals surface area contributed by atoms with Gasteiger partial charge in [0.2, 0.25) is 5.91 Å². The van der Waals surface area contributed by atoms with Crippen molar-refractivity contribution in [1.29, 1.82) is 0 Å². The first-order chi connectivity index (χ1) is 12.1. The van der Waals surface area contributed by atoms with Gasteiger partial charge < -0.3 is 5.32 Å². The quantitative estimate of drug-likeness (QED) is 0.913. The largest absolute Gasteiger partial charge is 0.356 e. The number of carbonyl (C=O) groups excluding carboxylic acids is 2. The fourth-order valence-electron chi connectivity index (χ4n) is 3.35. The van der Waals surface area contributed by atoms with Gasteiger partial charge in [-0.3, -0.25) is 19.5 Å². The minimum atomic E-state index is -0.357. The van der Waals surface area contributed by atoms with Crippen molar-refractivity contribution in [3.05, 3.63) is 59.4 Å². The molecule has 1 aliphatic heterocycles. The molecule has 2 amide bonds. The second kappa shape index (κ2) is 6.31. The molecule has 128 valence electrons. The Morgan fingerprint density at radius 2 is 2.12 bits per heavy atom. The molecule has 0 saturated heterocycles. The number of pyridine rings is 1. The van der Waals surface area contributed by atoms with E-state index >= 15 is 0 Å². The minimum Gasteiger partial charge on any atom is -0.356 e. The average Bonchev–Trinajstić information content (AvgIpc) is 3.39. The summed E-state index contributed by atoms with van der Waals surface area (Å²) < 4.78 is 0. The number of aromatic nitrogens is 1. The molecule has 5 nitrogen and oxygen atoms in total. The number of amides is 2. The lowest BCUT2D eigenvalue weighted by atomic mass is 10.1. The number of nitrogens with one attached hydrogen (secondary N) is 1. The fraction of sp³-hybridized carbons (Fsp3) is 0.350. The number of aryl methyl sites for hydroxylation is 1. The van der Waals surface area contributed by atoms with E-state index in [2.05, 4.69) is 10.3 Å². The highest BCUT2D eigenvalue weighted by Crippen LogP contribution is 2.38. The first-order valence-electron chi connectivity index (χ1n) is 8.75. The molecular formula is C20H21N3O2. The molecule has 2 aliphatic rings. The maximum atomic E-state index is 12.9. The summed E-state index contributed by atoms with van der Waals surface area (Å²) in [5, 5.41) is 3.00. The molecule has 25 heavy (non-hydrogen) atoms. The molecule has 2 aromatic rings. The van der Waals surface area contributed by atoms with Crippen molar-refractivity contribution in [3.8, 4) is 0 Å². The van der Waals surface area contributed by atoms with Gasteiger partial charge in [0.25, 0.3) is 5.91 Å². The molecule has 0 bridgehead atoms. The zero-order valence-electron chi connectivity index (χ0n) is 14.2. The summed E-state index contributed by atoms with van der Waals surface area (Å²) in [6, 6.07) is 11.0. The Labute approximate surface area is 147 Å². The first kappa shape index (κ1) is 15.8. The van der Waals surface area contributed by atoms with E-state index in [1.54, 1.807) is 23.2 Å². The van der Waals surface area contributed by atoms with Crippen LogP contribution < -0.4 is 10.2 Å². The second-order valence-corrected chi connectivity index (χ2v) is 6.92. The van der Waals surface area contributed by atoms with Gasteiger partial charge in [-0.05, 0) is 55.5 Å². The standard InChI is InChI=1S/C20H21N3O2/c1-13-4-2-5-15(10-13)23-17(11-18(24)22-12-14-7-8-14)19-16(20(23)25)6-3-9-21-19/h2-6,9-10,14,17H,7-8,11-12H2,1H3,(H,22,24)/t17-/m1/s1. The SMILES string of the molecule is Cc1cccc(N2C(=O)c3cccnc3[C@H]2CC(=O)NCC2CC2)c1. The van der Waals surface area contributed by atoms with Crippen LogP contribution in [-0.2, 0) is 4.79 Å². The van der Waals surface area contributed by atoms with E-state index in [4.69, 9.17) is 0 Å². The average molecular weight is 335 g/mol. The number of benzene rings is 1. The molecule has 1 atom stereocenters. The van der Waals surface area contributed by atoms with E-state index in [9.17, 15) is 9.59 Å². The summed E-state index contributed by atoms with van der Waals surface area (Å²) in [5.41, 5.74) is 3.16. The molecule has 2 heterocycles. The number of rotatable bonds is 5. The highest BCUT2D eigenvalue weighted by molar-refractivity contribution is 6.11. The Morgan fingerprint density at radius 1 is 1.28 bits per heavy atom. The van der Waals surface area contributed by atoms with Crippen molar-refractivity contribution in [2.75, 3.05) is 11.4 Å².